The molecule has 2 aromatic rings. The van der Waals surface area contributed by atoms with Gasteiger partial charge in [-0.05, 0) is 36.8 Å². The van der Waals surface area contributed by atoms with Crippen molar-refractivity contribution in [3.63, 3.8) is 0 Å². The average Bonchev–Trinajstić information content (AvgIpc) is 3.00. The molecule has 1 N–H and O–H groups in total. The van der Waals surface area contributed by atoms with Gasteiger partial charge in [0.15, 0.2) is 0 Å². The van der Waals surface area contributed by atoms with E-state index in [1.165, 1.54) is 19.2 Å². The first-order chi connectivity index (χ1) is 11.9. The Labute approximate surface area is 151 Å². The molecule has 3 rings (SSSR count). The number of sulfonamides is 1. The van der Waals surface area contributed by atoms with Crippen molar-refractivity contribution in [2.45, 2.75) is 17.7 Å². The fraction of sp³-hybridized carbons (Fsp3) is 0.235. The zero-order valence-electron chi connectivity index (χ0n) is 13.5. The topological polar surface area (TPSA) is 75.7 Å². The molecular weight excluding hydrogens is 364 g/mol. The quantitative estimate of drug-likeness (QED) is 0.863. The molecule has 0 aromatic heterocycles. The number of carbonyl (C=O) groups excluding carboxylic acids is 1. The lowest BCUT2D eigenvalue weighted by molar-refractivity contribution is -0.117. The van der Waals surface area contributed by atoms with Crippen molar-refractivity contribution >= 4 is 38.9 Å². The predicted molar refractivity (Wildman–Crippen MR) is 96.8 cm³/mol. The monoisotopic (exact) mass is 380 g/mol. The maximum absolute atomic E-state index is 12.5. The molecule has 1 aliphatic heterocycles. The third kappa shape index (κ3) is 3.72. The van der Waals surface area contributed by atoms with Crippen LogP contribution in [-0.4, -0.2) is 28.0 Å². The molecule has 0 radical (unpaired) electrons. The van der Waals surface area contributed by atoms with Crippen molar-refractivity contribution in [3.8, 4) is 5.75 Å². The van der Waals surface area contributed by atoms with Crippen LogP contribution in [-0.2, 0) is 14.8 Å². The van der Waals surface area contributed by atoms with E-state index in [-0.39, 0.29) is 10.8 Å². The summed E-state index contributed by atoms with van der Waals surface area (Å²) < 4.78 is 32.8. The van der Waals surface area contributed by atoms with E-state index in [0.717, 1.165) is 6.42 Å². The number of rotatable bonds is 5. The van der Waals surface area contributed by atoms with Gasteiger partial charge in [-0.25, -0.2) is 8.42 Å². The molecule has 1 heterocycles. The van der Waals surface area contributed by atoms with Gasteiger partial charge in [-0.15, -0.1) is 0 Å². The Morgan fingerprint density at radius 2 is 2.00 bits per heavy atom. The van der Waals surface area contributed by atoms with Gasteiger partial charge in [-0.3, -0.25) is 9.52 Å². The summed E-state index contributed by atoms with van der Waals surface area (Å²) >= 11 is 5.86. The molecular formula is C17H17ClN2O4S. The summed E-state index contributed by atoms with van der Waals surface area (Å²) in [7, 11) is -2.29. The molecule has 0 bridgehead atoms. The number of carbonyl (C=O) groups is 1. The second kappa shape index (κ2) is 6.93. The summed E-state index contributed by atoms with van der Waals surface area (Å²) in [6, 6.07) is 10.8. The number of anilines is 2. The van der Waals surface area contributed by atoms with Crippen LogP contribution < -0.4 is 14.4 Å². The maximum Gasteiger partial charge on any atom is 0.261 e. The van der Waals surface area contributed by atoms with Gasteiger partial charge < -0.3 is 9.64 Å². The zero-order chi connectivity index (χ0) is 18.0. The summed E-state index contributed by atoms with van der Waals surface area (Å²) in [5.74, 6) is 0.465. The minimum absolute atomic E-state index is 0.0329. The van der Waals surface area contributed by atoms with E-state index in [9.17, 15) is 13.2 Å². The molecule has 0 spiro atoms. The Morgan fingerprint density at radius 3 is 2.64 bits per heavy atom. The first-order valence-corrected chi connectivity index (χ1v) is 9.53. The molecule has 1 aliphatic rings. The SMILES string of the molecule is COc1cc(NS(=O)(=O)c2cccc(Cl)c2)ccc1N1CCCC1=O. The van der Waals surface area contributed by atoms with Crippen molar-refractivity contribution in [1.29, 1.82) is 0 Å². The zero-order valence-corrected chi connectivity index (χ0v) is 15.1. The van der Waals surface area contributed by atoms with Crippen LogP contribution >= 0.6 is 11.6 Å². The van der Waals surface area contributed by atoms with Crippen LogP contribution in [0.15, 0.2) is 47.4 Å². The lowest BCUT2D eigenvalue weighted by Gasteiger charge is -2.20. The lowest BCUT2D eigenvalue weighted by Crippen LogP contribution is -2.24. The normalized spacial score (nSPS) is 14.6. The number of ether oxygens (including phenoxy) is 1. The van der Waals surface area contributed by atoms with Crippen LogP contribution in [0.3, 0.4) is 0 Å². The van der Waals surface area contributed by atoms with Crippen LogP contribution in [0.2, 0.25) is 5.02 Å². The molecule has 1 saturated heterocycles. The number of amides is 1. The fourth-order valence-electron chi connectivity index (χ4n) is 2.72. The highest BCUT2D eigenvalue weighted by atomic mass is 35.5. The molecule has 2 aromatic carbocycles. The summed E-state index contributed by atoms with van der Waals surface area (Å²) in [6.07, 6.45) is 1.30. The Bertz CT molecular complexity index is 915. The number of nitrogens with one attached hydrogen (secondary N) is 1. The summed E-state index contributed by atoms with van der Waals surface area (Å²) in [5, 5.41) is 0.336. The van der Waals surface area contributed by atoms with E-state index in [0.29, 0.717) is 35.1 Å². The highest BCUT2D eigenvalue weighted by Gasteiger charge is 2.25. The largest absolute Gasteiger partial charge is 0.494 e. The fourth-order valence-corrected chi connectivity index (χ4v) is 4.07. The van der Waals surface area contributed by atoms with Gasteiger partial charge in [-0.1, -0.05) is 17.7 Å². The number of hydrogen-bond acceptors (Lipinski definition) is 4. The van der Waals surface area contributed by atoms with Crippen molar-refractivity contribution < 1.29 is 17.9 Å². The van der Waals surface area contributed by atoms with Crippen LogP contribution in [0, 0.1) is 0 Å². The third-order valence-electron chi connectivity index (χ3n) is 3.90. The summed E-state index contributed by atoms with van der Waals surface area (Å²) in [5.41, 5.74) is 0.975. The molecule has 0 atom stereocenters. The summed E-state index contributed by atoms with van der Waals surface area (Å²) in [6.45, 7) is 0.628. The average molecular weight is 381 g/mol. The van der Waals surface area contributed by atoms with Crippen LogP contribution in [0.25, 0.3) is 0 Å². The molecule has 6 nitrogen and oxygen atoms in total. The standard InChI is InChI=1S/C17H17ClN2O4S/c1-24-16-11-13(7-8-15(16)20-9-3-6-17(20)21)19-25(22,23)14-5-2-4-12(18)10-14/h2,4-5,7-8,10-11,19H,3,6,9H2,1H3. The minimum Gasteiger partial charge on any atom is -0.494 e. The Hall–Kier alpha value is -2.25. The Balaban J connectivity index is 1.89. The number of hydrogen-bond donors (Lipinski definition) is 1. The van der Waals surface area contributed by atoms with E-state index in [2.05, 4.69) is 4.72 Å². The van der Waals surface area contributed by atoms with Gasteiger partial charge in [0, 0.05) is 24.1 Å². The third-order valence-corrected chi connectivity index (χ3v) is 5.52. The predicted octanol–water partition coefficient (Wildman–Crippen LogP) is 3.28. The molecule has 132 valence electrons. The number of nitrogens with zero attached hydrogens (tertiary/aromatic N) is 1. The van der Waals surface area contributed by atoms with Gasteiger partial charge >= 0.3 is 0 Å². The smallest absolute Gasteiger partial charge is 0.261 e. The van der Waals surface area contributed by atoms with E-state index in [1.807, 2.05) is 0 Å². The molecule has 0 saturated carbocycles. The first kappa shape index (κ1) is 17.6. The number of benzene rings is 2. The molecule has 0 aliphatic carbocycles. The van der Waals surface area contributed by atoms with Crippen molar-refractivity contribution in [1.82, 2.24) is 0 Å². The Morgan fingerprint density at radius 1 is 1.20 bits per heavy atom. The van der Waals surface area contributed by atoms with Crippen molar-refractivity contribution in [2.24, 2.45) is 0 Å². The lowest BCUT2D eigenvalue weighted by atomic mass is 10.2. The van der Waals surface area contributed by atoms with Crippen molar-refractivity contribution in [3.05, 3.63) is 47.5 Å². The highest BCUT2D eigenvalue weighted by molar-refractivity contribution is 7.92. The highest BCUT2D eigenvalue weighted by Crippen LogP contribution is 2.34. The van der Waals surface area contributed by atoms with E-state index in [4.69, 9.17) is 16.3 Å². The Kier molecular flexibility index (Phi) is 4.87. The molecule has 0 unspecified atom stereocenters. The van der Waals surface area contributed by atoms with E-state index >= 15 is 0 Å². The molecule has 8 heteroatoms. The van der Waals surface area contributed by atoms with Gasteiger partial charge in [0.1, 0.15) is 5.75 Å². The van der Waals surface area contributed by atoms with E-state index in [1.54, 1.807) is 35.2 Å². The second-order valence-electron chi connectivity index (χ2n) is 5.60. The summed E-state index contributed by atoms with van der Waals surface area (Å²) in [4.78, 5) is 13.6. The van der Waals surface area contributed by atoms with Crippen molar-refractivity contribution in [2.75, 3.05) is 23.3 Å². The van der Waals surface area contributed by atoms with Gasteiger partial charge in [0.05, 0.1) is 23.4 Å². The molecule has 25 heavy (non-hydrogen) atoms. The second-order valence-corrected chi connectivity index (χ2v) is 7.72. The van der Waals surface area contributed by atoms with Crippen LogP contribution in [0.5, 0.6) is 5.75 Å². The first-order valence-electron chi connectivity index (χ1n) is 7.67. The van der Waals surface area contributed by atoms with Gasteiger partial charge in [-0.2, -0.15) is 0 Å². The number of halogens is 1. The minimum atomic E-state index is -3.77. The van der Waals surface area contributed by atoms with E-state index < -0.39 is 10.0 Å². The number of methoxy groups -OCH3 is 1. The molecule has 1 amide bonds. The van der Waals surface area contributed by atoms with Gasteiger partial charge in [0.2, 0.25) is 5.91 Å². The maximum atomic E-state index is 12.5. The van der Waals surface area contributed by atoms with Gasteiger partial charge in [0.25, 0.3) is 10.0 Å². The van der Waals surface area contributed by atoms with Crippen LogP contribution in [0.4, 0.5) is 11.4 Å². The van der Waals surface area contributed by atoms with Crippen LogP contribution in [0.1, 0.15) is 12.8 Å². The molecule has 1 fully saturated rings.